The molecule has 0 atom stereocenters. The fourth-order valence-electron chi connectivity index (χ4n) is 3.50. The molecule has 0 saturated heterocycles. The first-order valence-corrected chi connectivity index (χ1v) is 9.82. The van der Waals surface area contributed by atoms with Gasteiger partial charge in [-0.3, -0.25) is 0 Å². The van der Waals surface area contributed by atoms with Crippen LogP contribution in [0.15, 0.2) is 97.1 Å². The van der Waals surface area contributed by atoms with E-state index in [1.54, 1.807) is 7.11 Å². The fraction of sp³-hybridized carbons (Fsp3) is 0.111. The summed E-state index contributed by atoms with van der Waals surface area (Å²) in [5.41, 5.74) is 8.31. The van der Waals surface area contributed by atoms with Crippen molar-refractivity contribution in [3.63, 3.8) is 0 Å². The van der Waals surface area contributed by atoms with Gasteiger partial charge in [0.05, 0.1) is 7.11 Å². The molecule has 0 spiro atoms. The third-order valence-electron chi connectivity index (χ3n) is 5.29. The fourth-order valence-corrected chi connectivity index (χ4v) is 3.50. The van der Waals surface area contributed by atoms with Gasteiger partial charge in [0.25, 0.3) is 0 Å². The second-order valence-corrected chi connectivity index (χ2v) is 7.22. The predicted molar refractivity (Wildman–Crippen MR) is 123 cm³/mol. The Morgan fingerprint density at radius 2 is 1.21 bits per heavy atom. The van der Waals surface area contributed by atoms with E-state index in [1.807, 2.05) is 18.2 Å². The van der Waals surface area contributed by atoms with E-state index in [0.717, 1.165) is 22.8 Å². The number of nitrogens with zero attached hydrogens (tertiary/aromatic N) is 1. The van der Waals surface area contributed by atoms with Crippen LogP contribution in [0.3, 0.4) is 0 Å². The van der Waals surface area contributed by atoms with E-state index in [9.17, 15) is 0 Å². The highest BCUT2D eigenvalue weighted by Crippen LogP contribution is 2.37. The minimum atomic E-state index is 0.845. The maximum atomic E-state index is 5.47. The van der Waals surface area contributed by atoms with Crippen molar-refractivity contribution in [2.45, 2.75) is 13.8 Å². The van der Waals surface area contributed by atoms with Crippen LogP contribution in [0.5, 0.6) is 5.75 Å². The Balaban J connectivity index is 1.80. The van der Waals surface area contributed by atoms with Crippen molar-refractivity contribution in [1.29, 1.82) is 0 Å². The topological polar surface area (TPSA) is 12.5 Å². The van der Waals surface area contributed by atoms with Gasteiger partial charge in [-0.05, 0) is 72.5 Å². The smallest absolute Gasteiger partial charge is 0.120 e. The van der Waals surface area contributed by atoms with Crippen LogP contribution in [0.25, 0.3) is 11.1 Å². The van der Waals surface area contributed by atoms with Gasteiger partial charge in [-0.2, -0.15) is 0 Å². The highest BCUT2D eigenvalue weighted by atomic mass is 16.5. The Morgan fingerprint density at radius 3 is 1.90 bits per heavy atom. The molecule has 0 saturated carbocycles. The van der Waals surface area contributed by atoms with E-state index in [4.69, 9.17) is 4.74 Å². The molecule has 0 aromatic heterocycles. The number of rotatable bonds is 5. The van der Waals surface area contributed by atoms with Gasteiger partial charge in [-0.1, -0.05) is 54.6 Å². The molecule has 2 nitrogen and oxygen atoms in total. The van der Waals surface area contributed by atoms with Crippen LogP contribution >= 0.6 is 0 Å². The first-order chi connectivity index (χ1) is 14.2. The van der Waals surface area contributed by atoms with Crippen molar-refractivity contribution < 1.29 is 4.74 Å². The molecule has 0 aliphatic carbocycles. The normalized spacial score (nSPS) is 10.6. The zero-order valence-corrected chi connectivity index (χ0v) is 17.1. The molecule has 2 heteroatoms. The van der Waals surface area contributed by atoms with E-state index in [-0.39, 0.29) is 0 Å². The highest BCUT2D eigenvalue weighted by molar-refractivity contribution is 5.79. The van der Waals surface area contributed by atoms with Crippen LogP contribution in [-0.4, -0.2) is 7.11 Å². The van der Waals surface area contributed by atoms with E-state index < -0.39 is 0 Å². The molecule has 0 aliphatic rings. The molecule has 29 heavy (non-hydrogen) atoms. The van der Waals surface area contributed by atoms with Crippen LogP contribution < -0.4 is 9.64 Å². The number of ether oxygens (including phenoxy) is 1. The zero-order chi connectivity index (χ0) is 20.2. The minimum absolute atomic E-state index is 0.845. The summed E-state index contributed by atoms with van der Waals surface area (Å²) in [6.07, 6.45) is 0. The molecule has 0 bridgehead atoms. The van der Waals surface area contributed by atoms with Crippen molar-refractivity contribution in [1.82, 2.24) is 0 Å². The van der Waals surface area contributed by atoms with Gasteiger partial charge in [0.1, 0.15) is 5.75 Å². The summed E-state index contributed by atoms with van der Waals surface area (Å²) in [7, 11) is 1.70. The lowest BCUT2D eigenvalue weighted by atomic mass is 10.0. The predicted octanol–water partition coefficient (Wildman–Crippen LogP) is 7.45. The molecule has 0 fully saturated rings. The van der Waals surface area contributed by atoms with Crippen molar-refractivity contribution in [2.24, 2.45) is 0 Å². The zero-order valence-electron chi connectivity index (χ0n) is 17.1. The van der Waals surface area contributed by atoms with Crippen LogP contribution in [-0.2, 0) is 0 Å². The lowest BCUT2D eigenvalue weighted by Gasteiger charge is -2.26. The van der Waals surface area contributed by atoms with E-state index in [0.29, 0.717) is 0 Å². The monoisotopic (exact) mass is 379 g/mol. The molecule has 0 radical (unpaired) electrons. The standard InChI is InChI=1S/C27H25NO/c1-20-12-15-26(18-21(20)2)28(25-10-7-11-27(19-25)29-3)24-16-13-23(14-17-24)22-8-5-4-6-9-22/h4-19H,1-3H3. The van der Waals surface area contributed by atoms with E-state index in [2.05, 4.69) is 97.6 Å². The number of anilines is 3. The summed E-state index contributed by atoms with van der Waals surface area (Å²) in [6.45, 7) is 4.30. The number of hydrogen-bond acceptors (Lipinski definition) is 2. The first kappa shape index (κ1) is 18.8. The second kappa shape index (κ2) is 8.24. The summed E-state index contributed by atoms with van der Waals surface area (Å²) >= 11 is 0. The highest BCUT2D eigenvalue weighted by Gasteiger charge is 2.14. The molecule has 144 valence electrons. The van der Waals surface area contributed by atoms with Crippen molar-refractivity contribution in [3.05, 3.63) is 108 Å². The molecule has 0 unspecified atom stereocenters. The summed E-state index contributed by atoms with van der Waals surface area (Å²) in [5.74, 6) is 0.845. The second-order valence-electron chi connectivity index (χ2n) is 7.22. The number of hydrogen-bond donors (Lipinski definition) is 0. The van der Waals surface area contributed by atoms with Crippen LogP contribution in [0, 0.1) is 13.8 Å². The molecule has 4 aromatic rings. The maximum absolute atomic E-state index is 5.47. The number of methoxy groups -OCH3 is 1. The summed E-state index contributed by atoms with van der Waals surface area (Å²) in [5, 5.41) is 0. The Bertz CT molecular complexity index is 1100. The summed E-state index contributed by atoms with van der Waals surface area (Å²) < 4.78 is 5.47. The van der Waals surface area contributed by atoms with Gasteiger partial charge < -0.3 is 9.64 Å². The van der Waals surface area contributed by atoms with Crippen LogP contribution in [0.2, 0.25) is 0 Å². The van der Waals surface area contributed by atoms with Crippen LogP contribution in [0.4, 0.5) is 17.1 Å². The van der Waals surface area contributed by atoms with Gasteiger partial charge in [-0.15, -0.1) is 0 Å². The van der Waals surface area contributed by atoms with Crippen LogP contribution in [0.1, 0.15) is 11.1 Å². The molecular formula is C27H25NO. The van der Waals surface area contributed by atoms with Crippen molar-refractivity contribution >= 4 is 17.1 Å². The van der Waals surface area contributed by atoms with Crippen molar-refractivity contribution in [3.8, 4) is 16.9 Å². The molecule has 4 rings (SSSR count). The Labute approximate surface area is 173 Å². The van der Waals surface area contributed by atoms with E-state index in [1.165, 1.54) is 22.3 Å². The molecule has 0 aliphatic heterocycles. The maximum Gasteiger partial charge on any atom is 0.120 e. The Kier molecular flexibility index (Phi) is 5.35. The number of benzene rings is 4. The lowest BCUT2D eigenvalue weighted by molar-refractivity contribution is 0.415. The van der Waals surface area contributed by atoms with Crippen molar-refractivity contribution in [2.75, 3.05) is 12.0 Å². The number of aryl methyl sites for hydroxylation is 2. The average Bonchev–Trinajstić information content (AvgIpc) is 2.78. The largest absolute Gasteiger partial charge is 0.497 e. The molecule has 0 heterocycles. The van der Waals surface area contributed by atoms with Gasteiger partial charge in [0.15, 0.2) is 0 Å². The quantitative estimate of drug-likeness (QED) is 0.357. The van der Waals surface area contributed by atoms with Gasteiger partial charge in [-0.25, -0.2) is 0 Å². The average molecular weight is 380 g/mol. The lowest BCUT2D eigenvalue weighted by Crippen LogP contribution is -2.10. The van der Waals surface area contributed by atoms with Gasteiger partial charge in [0, 0.05) is 23.1 Å². The van der Waals surface area contributed by atoms with E-state index >= 15 is 0 Å². The third-order valence-corrected chi connectivity index (χ3v) is 5.29. The molecular weight excluding hydrogens is 354 g/mol. The Hall–Kier alpha value is -3.52. The Morgan fingerprint density at radius 1 is 0.552 bits per heavy atom. The third kappa shape index (κ3) is 4.02. The SMILES string of the molecule is COc1cccc(N(c2ccc(-c3ccccc3)cc2)c2ccc(C)c(C)c2)c1. The molecule has 0 amide bonds. The minimum Gasteiger partial charge on any atom is -0.497 e. The summed E-state index contributed by atoms with van der Waals surface area (Å²) in [6, 6.07) is 33.9. The molecule has 0 N–H and O–H groups in total. The first-order valence-electron chi connectivity index (χ1n) is 9.82. The van der Waals surface area contributed by atoms with Gasteiger partial charge >= 0.3 is 0 Å². The van der Waals surface area contributed by atoms with Gasteiger partial charge in [0.2, 0.25) is 0 Å². The summed E-state index contributed by atoms with van der Waals surface area (Å²) in [4.78, 5) is 2.27. The molecule has 4 aromatic carbocycles.